The molecule has 0 saturated carbocycles. The highest BCUT2D eigenvalue weighted by atomic mass is 32.2. The van der Waals surface area contributed by atoms with E-state index < -0.39 is 0 Å². The lowest BCUT2D eigenvalue weighted by molar-refractivity contribution is 0.0982. The zero-order chi connectivity index (χ0) is 19.3. The quantitative estimate of drug-likeness (QED) is 0.338. The van der Waals surface area contributed by atoms with Gasteiger partial charge in [-0.15, -0.1) is 11.8 Å². The molecule has 0 bridgehead atoms. The normalized spacial score (nSPS) is 12.6. The van der Waals surface area contributed by atoms with Crippen LogP contribution in [0.15, 0.2) is 89.8 Å². The van der Waals surface area contributed by atoms with Gasteiger partial charge >= 0.3 is 0 Å². The lowest BCUT2D eigenvalue weighted by Gasteiger charge is -2.20. The largest absolute Gasteiger partial charge is 0.294 e. The van der Waals surface area contributed by atoms with E-state index in [2.05, 4.69) is 57.2 Å². The fraction of sp³-hybridized carbons (Fsp3) is 0.240. The summed E-state index contributed by atoms with van der Waals surface area (Å²) in [6.45, 7) is 6.67. The average molecular weight is 375 g/mol. The van der Waals surface area contributed by atoms with Crippen molar-refractivity contribution >= 4 is 17.5 Å². The van der Waals surface area contributed by atoms with Crippen LogP contribution in [0.3, 0.4) is 0 Å². The van der Waals surface area contributed by atoms with E-state index in [1.807, 2.05) is 48.5 Å². The molecule has 3 aromatic rings. The van der Waals surface area contributed by atoms with Crippen molar-refractivity contribution in [1.29, 1.82) is 0 Å². The molecule has 0 radical (unpaired) electrons. The third-order valence-electron chi connectivity index (χ3n) is 4.64. The second kappa shape index (κ2) is 8.58. The van der Waals surface area contributed by atoms with Crippen LogP contribution in [-0.2, 0) is 5.41 Å². The van der Waals surface area contributed by atoms with E-state index >= 15 is 0 Å². The Hall–Kier alpha value is -2.32. The van der Waals surface area contributed by atoms with Crippen molar-refractivity contribution in [3.63, 3.8) is 0 Å². The molecule has 0 heterocycles. The molecule has 2 heteroatoms. The van der Waals surface area contributed by atoms with Crippen LogP contribution >= 0.6 is 11.8 Å². The van der Waals surface area contributed by atoms with E-state index in [1.165, 1.54) is 16.0 Å². The number of carbonyl (C=O) groups excluding carboxylic acids is 1. The van der Waals surface area contributed by atoms with E-state index in [9.17, 15) is 4.79 Å². The Morgan fingerprint density at radius 1 is 0.815 bits per heavy atom. The van der Waals surface area contributed by atoms with Gasteiger partial charge in [0.15, 0.2) is 5.78 Å². The third kappa shape index (κ3) is 5.33. The summed E-state index contributed by atoms with van der Waals surface area (Å²) < 4.78 is 0. The summed E-state index contributed by atoms with van der Waals surface area (Å²) in [5.74, 6) is 0.184. The summed E-state index contributed by atoms with van der Waals surface area (Å²) in [5, 5.41) is 0.0967. The summed E-state index contributed by atoms with van der Waals surface area (Å²) >= 11 is 1.76. The summed E-state index contributed by atoms with van der Waals surface area (Å²) in [6, 6.07) is 28.6. The predicted octanol–water partition coefficient (Wildman–Crippen LogP) is 7.09. The Labute approximate surface area is 166 Å². The number of hydrogen-bond donors (Lipinski definition) is 0. The molecule has 1 atom stereocenters. The second-order valence-corrected chi connectivity index (χ2v) is 9.06. The molecule has 3 aromatic carbocycles. The number of carbonyl (C=O) groups is 1. The molecule has 27 heavy (non-hydrogen) atoms. The highest BCUT2D eigenvalue weighted by Gasteiger charge is 2.19. The van der Waals surface area contributed by atoms with E-state index in [0.29, 0.717) is 6.42 Å². The van der Waals surface area contributed by atoms with Gasteiger partial charge in [0.1, 0.15) is 0 Å². The molecule has 0 saturated heterocycles. The smallest absolute Gasteiger partial charge is 0.164 e. The number of benzene rings is 3. The van der Waals surface area contributed by atoms with Gasteiger partial charge in [-0.05, 0) is 28.7 Å². The lowest BCUT2D eigenvalue weighted by Crippen LogP contribution is -2.10. The first-order chi connectivity index (χ1) is 12.9. The van der Waals surface area contributed by atoms with Gasteiger partial charge in [-0.3, -0.25) is 4.79 Å². The van der Waals surface area contributed by atoms with Crippen LogP contribution in [0.1, 0.15) is 53.9 Å². The van der Waals surface area contributed by atoms with Gasteiger partial charge < -0.3 is 0 Å². The van der Waals surface area contributed by atoms with Crippen LogP contribution in [-0.4, -0.2) is 5.78 Å². The number of hydrogen-bond acceptors (Lipinski definition) is 2. The van der Waals surface area contributed by atoms with Crippen molar-refractivity contribution in [3.05, 3.63) is 102 Å². The first-order valence-electron chi connectivity index (χ1n) is 9.34. The van der Waals surface area contributed by atoms with Crippen molar-refractivity contribution < 1.29 is 4.79 Å². The maximum atomic E-state index is 12.8. The topological polar surface area (TPSA) is 17.1 Å². The van der Waals surface area contributed by atoms with Crippen molar-refractivity contribution in [1.82, 2.24) is 0 Å². The number of rotatable bonds is 6. The second-order valence-electron chi connectivity index (χ2n) is 7.78. The van der Waals surface area contributed by atoms with Crippen LogP contribution in [0.25, 0.3) is 0 Å². The van der Waals surface area contributed by atoms with Crippen LogP contribution in [0.4, 0.5) is 0 Å². The first kappa shape index (κ1) is 19.4. The van der Waals surface area contributed by atoms with E-state index in [1.54, 1.807) is 11.8 Å². The van der Waals surface area contributed by atoms with Crippen LogP contribution in [0.5, 0.6) is 0 Å². The molecule has 0 amide bonds. The summed E-state index contributed by atoms with van der Waals surface area (Å²) in [7, 11) is 0. The maximum Gasteiger partial charge on any atom is 0.164 e. The standard InChI is InChI=1S/C25H26OS/c1-25(2,3)21-14-16-22(17-15-21)27-24(20-12-8-5-9-13-20)18-23(26)19-10-6-4-7-11-19/h4-17,24H,18H2,1-3H3. The van der Waals surface area contributed by atoms with Gasteiger partial charge in [0.05, 0.1) is 0 Å². The van der Waals surface area contributed by atoms with Gasteiger partial charge in [-0.2, -0.15) is 0 Å². The molecule has 0 aromatic heterocycles. The zero-order valence-corrected chi connectivity index (χ0v) is 17.0. The molecule has 0 aliphatic heterocycles. The third-order valence-corrected chi connectivity index (χ3v) is 5.90. The van der Waals surface area contributed by atoms with Gasteiger partial charge in [-0.1, -0.05) is 93.6 Å². The minimum Gasteiger partial charge on any atom is -0.294 e. The fourth-order valence-corrected chi connectivity index (χ4v) is 4.15. The molecule has 138 valence electrons. The van der Waals surface area contributed by atoms with E-state index in [0.717, 1.165) is 5.56 Å². The summed E-state index contributed by atoms with van der Waals surface area (Å²) in [6.07, 6.45) is 0.486. The minimum absolute atomic E-state index is 0.0967. The maximum absolute atomic E-state index is 12.8. The summed E-state index contributed by atoms with van der Waals surface area (Å²) in [5.41, 5.74) is 3.43. The molecule has 3 rings (SSSR count). The Balaban J connectivity index is 1.81. The molecule has 0 fully saturated rings. The Morgan fingerprint density at radius 2 is 1.37 bits per heavy atom. The monoisotopic (exact) mass is 374 g/mol. The highest BCUT2D eigenvalue weighted by Crippen LogP contribution is 2.39. The fourth-order valence-electron chi connectivity index (χ4n) is 3.00. The number of Topliss-reactive ketones (excluding diaryl/α,β-unsaturated/α-hetero) is 1. The van der Waals surface area contributed by atoms with Crippen molar-refractivity contribution in [2.45, 2.75) is 42.8 Å². The zero-order valence-electron chi connectivity index (χ0n) is 16.2. The molecule has 1 nitrogen and oxygen atoms in total. The Morgan fingerprint density at radius 3 is 1.93 bits per heavy atom. The van der Waals surface area contributed by atoms with Crippen LogP contribution in [0, 0.1) is 0 Å². The molecule has 0 aliphatic carbocycles. The Kier molecular flexibility index (Phi) is 6.18. The van der Waals surface area contributed by atoms with Crippen molar-refractivity contribution in [2.75, 3.05) is 0 Å². The van der Waals surface area contributed by atoms with Gasteiger partial charge in [-0.25, -0.2) is 0 Å². The Bertz CT molecular complexity index is 862. The molecule has 0 aliphatic rings. The molecular formula is C25H26OS. The molecule has 1 unspecified atom stereocenters. The first-order valence-corrected chi connectivity index (χ1v) is 10.2. The van der Waals surface area contributed by atoms with Gasteiger partial charge in [0.25, 0.3) is 0 Å². The average Bonchev–Trinajstić information content (AvgIpc) is 2.68. The SMILES string of the molecule is CC(C)(C)c1ccc(SC(CC(=O)c2ccccc2)c2ccccc2)cc1. The number of ketones is 1. The van der Waals surface area contributed by atoms with Crippen LogP contribution < -0.4 is 0 Å². The summed E-state index contributed by atoms with van der Waals surface area (Å²) in [4.78, 5) is 14.0. The predicted molar refractivity (Wildman–Crippen MR) is 116 cm³/mol. The van der Waals surface area contributed by atoms with Crippen molar-refractivity contribution in [2.24, 2.45) is 0 Å². The molecule has 0 N–H and O–H groups in total. The van der Waals surface area contributed by atoms with Crippen molar-refractivity contribution in [3.8, 4) is 0 Å². The van der Waals surface area contributed by atoms with E-state index in [-0.39, 0.29) is 16.4 Å². The van der Waals surface area contributed by atoms with Crippen LogP contribution in [0.2, 0.25) is 0 Å². The number of thioether (sulfide) groups is 1. The molecular weight excluding hydrogens is 348 g/mol. The van der Waals surface area contributed by atoms with E-state index in [4.69, 9.17) is 0 Å². The van der Waals surface area contributed by atoms with Gasteiger partial charge in [0, 0.05) is 22.1 Å². The minimum atomic E-state index is 0.0967. The molecule has 0 spiro atoms. The lowest BCUT2D eigenvalue weighted by atomic mass is 9.87. The van der Waals surface area contributed by atoms with Gasteiger partial charge in [0.2, 0.25) is 0 Å². The highest BCUT2D eigenvalue weighted by molar-refractivity contribution is 7.99.